The van der Waals surface area contributed by atoms with E-state index >= 15 is 0 Å². The Hall–Kier alpha value is -4.01. The molecule has 1 N–H and O–H groups in total. The molecule has 0 unspecified atom stereocenters. The first-order valence-corrected chi connectivity index (χ1v) is 10.2. The van der Waals surface area contributed by atoms with Gasteiger partial charge in [-0.05, 0) is 31.2 Å². The zero-order valence-electron chi connectivity index (χ0n) is 18.4. The summed E-state index contributed by atoms with van der Waals surface area (Å²) < 4.78 is 41.3. The Morgan fingerprint density at radius 2 is 1.91 bits per heavy atom. The van der Waals surface area contributed by atoms with Crippen LogP contribution in [0.1, 0.15) is 16.1 Å². The minimum atomic E-state index is -0.765. The summed E-state index contributed by atoms with van der Waals surface area (Å²) in [5.41, 5.74) is 1.57. The molecule has 2 aromatic heterocycles. The number of carbonyl (C=O) groups excluding carboxylic acids is 1. The van der Waals surface area contributed by atoms with Crippen molar-refractivity contribution in [3.8, 4) is 17.0 Å². The lowest BCUT2D eigenvalue weighted by molar-refractivity contribution is 0.0595. The van der Waals surface area contributed by atoms with Crippen molar-refractivity contribution in [1.29, 1.82) is 0 Å². The van der Waals surface area contributed by atoms with Gasteiger partial charge in [0.25, 0.3) is 0 Å². The van der Waals surface area contributed by atoms with Crippen molar-refractivity contribution in [2.75, 3.05) is 26.1 Å². The lowest BCUT2D eigenvalue weighted by atomic mass is 10.1. The van der Waals surface area contributed by atoms with Crippen molar-refractivity contribution in [2.45, 2.75) is 13.5 Å². The summed E-state index contributed by atoms with van der Waals surface area (Å²) in [6.45, 7) is 2.74. The molecular weight excluding hydrogens is 430 g/mol. The first-order valence-electron chi connectivity index (χ1n) is 10.2. The van der Waals surface area contributed by atoms with E-state index in [-0.39, 0.29) is 16.9 Å². The second-order valence-electron chi connectivity index (χ2n) is 7.28. The van der Waals surface area contributed by atoms with Gasteiger partial charge in [-0.2, -0.15) is 0 Å². The number of benzene rings is 2. The number of esters is 1. The van der Waals surface area contributed by atoms with Crippen LogP contribution in [0.3, 0.4) is 0 Å². The molecule has 7 nitrogen and oxygen atoms in total. The van der Waals surface area contributed by atoms with E-state index in [9.17, 15) is 13.6 Å². The van der Waals surface area contributed by atoms with Gasteiger partial charge in [0, 0.05) is 30.1 Å². The van der Waals surface area contributed by atoms with Crippen LogP contribution in [0.15, 0.2) is 48.8 Å². The average molecular weight is 452 g/mol. The zero-order valence-corrected chi connectivity index (χ0v) is 18.4. The van der Waals surface area contributed by atoms with Gasteiger partial charge in [-0.1, -0.05) is 12.1 Å². The number of fused-ring (bicyclic) bond motifs is 1. The van der Waals surface area contributed by atoms with E-state index in [2.05, 4.69) is 20.0 Å². The number of halogens is 2. The Bertz CT molecular complexity index is 1340. The Balaban J connectivity index is 1.56. The number of anilines is 1. The summed E-state index contributed by atoms with van der Waals surface area (Å²) in [6.07, 6.45) is 1.31. The highest BCUT2D eigenvalue weighted by Crippen LogP contribution is 2.34. The van der Waals surface area contributed by atoms with Gasteiger partial charge in [0.15, 0.2) is 0 Å². The summed E-state index contributed by atoms with van der Waals surface area (Å²) in [5, 5.41) is 3.87. The molecule has 0 atom stereocenters. The van der Waals surface area contributed by atoms with Crippen molar-refractivity contribution in [2.24, 2.45) is 0 Å². The number of carbonyl (C=O) groups is 1. The maximum Gasteiger partial charge on any atom is 0.340 e. The van der Waals surface area contributed by atoms with Crippen LogP contribution in [0.4, 0.5) is 14.6 Å². The molecular formula is C24H22F2N4O3. The number of methoxy groups -OCH3 is 2. The van der Waals surface area contributed by atoms with E-state index in [1.807, 2.05) is 17.6 Å². The van der Waals surface area contributed by atoms with Gasteiger partial charge in [-0.25, -0.2) is 23.5 Å². The molecule has 0 aliphatic rings. The number of rotatable bonds is 7. The summed E-state index contributed by atoms with van der Waals surface area (Å²) in [7, 11) is 2.75. The van der Waals surface area contributed by atoms with Gasteiger partial charge < -0.3 is 19.4 Å². The van der Waals surface area contributed by atoms with Crippen molar-refractivity contribution < 1.29 is 23.0 Å². The van der Waals surface area contributed by atoms with Gasteiger partial charge in [0.1, 0.15) is 29.5 Å². The lowest BCUT2D eigenvalue weighted by Gasteiger charge is -2.11. The molecule has 0 fully saturated rings. The number of nitrogens with zero attached hydrogens (tertiary/aromatic N) is 3. The van der Waals surface area contributed by atoms with Gasteiger partial charge in [-0.15, -0.1) is 0 Å². The molecule has 0 saturated heterocycles. The number of para-hydroxylation sites is 1. The number of ether oxygens (including phenoxy) is 2. The molecule has 0 aliphatic carbocycles. The Morgan fingerprint density at radius 3 is 2.67 bits per heavy atom. The lowest BCUT2D eigenvalue weighted by Crippen LogP contribution is -2.13. The number of hydrogen-bond acceptors (Lipinski definition) is 6. The van der Waals surface area contributed by atoms with Gasteiger partial charge in [-0.3, -0.25) is 0 Å². The molecule has 0 radical (unpaired) electrons. The summed E-state index contributed by atoms with van der Waals surface area (Å²) in [6, 6.07) is 10.9. The molecule has 170 valence electrons. The molecule has 0 amide bonds. The average Bonchev–Trinajstić information content (AvgIpc) is 3.10. The maximum atomic E-state index is 14.8. The molecule has 0 spiro atoms. The largest absolute Gasteiger partial charge is 0.494 e. The number of nitrogens with one attached hydrogen (secondary N) is 1. The van der Waals surface area contributed by atoms with Gasteiger partial charge >= 0.3 is 5.97 Å². The minimum absolute atomic E-state index is 0.155. The van der Waals surface area contributed by atoms with E-state index in [4.69, 9.17) is 4.74 Å². The molecule has 0 bridgehead atoms. The van der Waals surface area contributed by atoms with Gasteiger partial charge in [0.2, 0.25) is 0 Å². The Labute approximate surface area is 189 Å². The highest BCUT2D eigenvalue weighted by atomic mass is 19.1. The molecule has 2 aromatic carbocycles. The maximum absolute atomic E-state index is 14.8. The number of aromatic nitrogens is 3. The van der Waals surface area contributed by atoms with Crippen LogP contribution in [0.5, 0.6) is 5.75 Å². The molecule has 4 aromatic rings. The summed E-state index contributed by atoms with van der Waals surface area (Å²) in [5.74, 6) is -0.715. The smallest absolute Gasteiger partial charge is 0.340 e. The third-order valence-electron chi connectivity index (χ3n) is 5.43. The third kappa shape index (κ3) is 4.09. The van der Waals surface area contributed by atoms with E-state index in [0.29, 0.717) is 41.3 Å². The fraction of sp³-hybridized carbons (Fsp3) is 0.208. The molecule has 0 saturated carbocycles. The predicted octanol–water partition coefficient (Wildman–Crippen LogP) is 4.59. The SMILES string of the molecule is COC(=O)c1cccc(-c2cc(NCCn3c(C)c(OC)c4cccc(F)c43)ncn2)c1F. The zero-order chi connectivity index (χ0) is 23.5. The van der Waals surface area contributed by atoms with Crippen LogP contribution in [0.25, 0.3) is 22.2 Å². The third-order valence-corrected chi connectivity index (χ3v) is 5.43. The fourth-order valence-electron chi connectivity index (χ4n) is 3.89. The Morgan fingerprint density at radius 1 is 1.12 bits per heavy atom. The van der Waals surface area contributed by atoms with E-state index in [0.717, 1.165) is 5.69 Å². The first kappa shape index (κ1) is 22.2. The first-order chi connectivity index (χ1) is 16.0. The normalized spacial score (nSPS) is 10.9. The molecule has 9 heteroatoms. The highest BCUT2D eigenvalue weighted by Gasteiger charge is 2.19. The van der Waals surface area contributed by atoms with E-state index in [1.54, 1.807) is 25.3 Å². The molecule has 4 rings (SSSR count). The van der Waals surface area contributed by atoms with Crippen molar-refractivity contribution in [3.63, 3.8) is 0 Å². The topological polar surface area (TPSA) is 78.3 Å². The second kappa shape index (κ2) is 9.23. The van der Waals surface area contributed by atoms with E-state index < -0.39 is 11.8 Å². The summed E-state index contributed by atoms with van der Waals surface area (Å²) in [4.78, 5) is 20.1. The second-order valence-corrected chi connectivity index (χ2v) is 7.28. The fourth-order valence-corrected chi connectivity index (χ4v) is 3.89. The minimum Gasteiger partial charge on any atom is -0.494 e. The van der Waals surface area contributed by atoms with E-state index in [1.165, 1.54) is 31.6 Å². The van der Waals surface area contributed by atoms with Crippen LogP contribution in [-0.2, 0) is 11.3 Å². The molecule has 0 aliphatic heterocycles. The molecule has 2 heterocycles. The molecule has 33 heavy (non-hydrogen) atoms. The monoisotopic (exact) mass is 452 g/mol. The highest BCUT2D eigenvalue weighted by molar-refractivity contribution is 5.91. The van der Waals surface area contributed by atoms with Crippen molar-refractivity contribution >= 4 is 22.7 Å². The van der Waals surface area contributed by atoms with Gasteiger partial charge in [0.05, 0.1) is 36.7 Å². The van der Waals surface area contributed by atoms with Crippen molar-refractivity contribution in [1.82, 2.24) is 14.5 Å². The van der Waals surface area contributed by atoms with Crippen LogP contribution in [-0.4, -0.2) is 41.3 Å². The number of hydrogen-bond donors (Lipinski definition) is 1. The predicted molar refractivity (Wildman–Crippen MR) is 120 cm³/mol. The summed E-state index contributed by atoms with van der Waals surface area (Å²) >= 11 is 0. The van der Waals surface area contributed by atoms with Crippen LogP contribution in [0, 0.1) is 18.6 Å². The Kier molecular flexibility index (Phi) is 6.21. The van der Waals surface area contributed by atoms with Crippen LogP contribution < -0.4 is 10.1 Å². The quantitative estimate of drug-likeness (QED) is 0.413. The van der Waals surface area contributed by atoms with Crippen LogP contribution in [0.2, 0.25) is 0 Å². The van der Waals surface area contributed by atoms with Crippen LogP contribution >= 0.6 is 0 Å². The van der Waals surface area contributed by atoms with Crippen molar-refractivity contribution in [3.05, 3.63) is 71.7 Å². The standard InChI is InChI=1S/C24H22F2N4O3/c1-14-23(32-2)17-8-5-9-18(25)22(17)30(14)11-10-27-20-12-19(28-13-29-20)15-6-4-7-16(21(15)26)24(31)33-3/h4-9,12-13H,10-11H2,1-3H3,(H,27,28,29).